The number of ether oxygens (including phenoxy) is 1. The minimum atomic E-state index is -0.788. The fourth-order valence-corrected chi connectivity index (χ4v) is 1.89. The van der Waals surface area contributed by atoms with E-state index in [-0.39, 0.29) is 11.8 Å². The Morgan fingerprint density at radius 1 is 1.54 bits per heavy atom. The fraction of sp³-hybridized carbons (Fsp3) is 0.800. The van der Waals surface area contributed by atoms with E-state index in [1.165, 1.54) is 6.92 Å². The molecule has 0 aromatic heterocycles. The summed E-state index contributed by atoms with van der Waals surface area (Å²) in [6, 6.07) is 0. The lowest BCUT2D eigenvalue weighted by Gasteiger charge is -2.33. The minimum Gasteiger partial charge on any atom is -0.451 e. The van der Waals surface area contributed by atoms with Gasteiger partial charge < -0.3 is 4.74 Å². The van der Waals surface area contributed by atoms with E-state index in [4.69, 9.17) is 4.74 Å². The number of esters is 1. The molecule has 1 fully saturated rings. The Kier molecular flexibility index (Phi) is 3.07. The van der Waals surface area contributed by atoms with Gasteiger partial charge in [-0.3, -0.25) is 9.59 Å². The molecule has 74 valence electrons. The zero-order chi connectivity index (χ0) is 9.90. The van der Waals surface area contributed by atoms with Gasteiger partial charge in [-0.05, 0) is 25.7 Å². The molecule has 0 spiro atoms. The van der Waals surface area contributed by atoms with Crippen LogP contribution in [0.3, 0.4) is 0 Å². The van der Waals surface area contributed by atoms with Gasteiger partial charge in [-0.1, -0.05) is 6.92 Å². The van der Waals surface area contributed by atoms with Crippen molar-refractivity contribution in [3.8, 4) is 0 Å². The molecule has 1 unspecified atom stereocenters. The highest BCUT2D eigenvalue weighted by molar-refractivity contribution is 5.90. The number of carbonyl (C=O) groups is 2. The third-order valence-electron chi connectivity index (χ3n) is 2.65. The highest BCUT2D eigenvalue weighted by Gasteiger charge is 2.40. The first-order valence-electron chi connectivity index (χ1n) is 4.83. The predicted octanol–water partition coefficient (Wildman–Crippen LogP) is 1.84. The maximum absolute atomic E-state index is 11.6. The summed E-state index contributed by atoms with van der Waals surface area (Å²) in [5.41, 5.74) is -0.788. The van der Waals surface area contributed by atoms with Crippen LogP contribution in [0.1, 0.15) is 46.0 Å². The van der Waals surface area contributed by atoms with E-state index >= 15 is 0 Å². The largest absolute Gasteiger partial charge is 0.451 e. The van der Waals surface area contributed by atoms with E-state index in [1.54, 1.807) is 0 Å². The van der Waals surface area contributed by atoms with Crippen molar-refractivity contribution in [2.45, 2.75) is 51.6 Å². The van der Waals surface area contributed by atoms with Crippen LogP contribution < -0.4 is 0 Å². The number of hydrogen-bond donors (Lipinski definition) is 0. The first-order chi connectivity index (χ1) is 6.10. The number of ketones is 1. The summed E-state index contributed by atoms with van der Waals surface area (Å²) < 4.78 is 5.15. The van der Waals surface area contributed by atoms with Gasteiger partial charge in [-0.15, -0.1) is 0 Å². The number of carbonyl (C=O) groups excluding carboxylic acids is 2. The Hall–Kier alpha value is -0.860. The van der Waals surface area contributed by atoms with E-state index in [2.05, 4.69) is 0 Å². The van der Waals surface area contributed by atoms with E-state index < -0.39 is 5.60 Å². The Labute approximate surface area is 78.5 Å². The lowest BCUT2D eigenvalue weighted by molar-refractivity contribution is -0.169. The molecule has 1 aliphatic carbocycles. The highest BCUT2D eigenvalue weighted by atomic mass is 16.6. The van der Waals surface area contributed by atoms with Gasteiger partial charge in [0.05, 0.1) is 0 Å². The van der Waals surface area contributed by atoms with Crippen molar-refractivity contribution >= 4 is 11.8 Å². The number of rotatable bonds is 2. The van der Waals surface area contributed by atoms with Crippen molar-refractivity contribution < 1.29 is 14.3 Å². The van der Waals surface area contributed by atoms with E-state index in [9.17, 15) is 9.59 Å². The van der Waals surface area contributed by atoms with Crippen LogP contribution in [0.2, 0.25) is 0 Å². The van der Waals surface area contributed by atoms with Gasteiger partial charge in [0.1, 0.15) is 0 Å². The topological polar surface area (TPSA) is 43.4 Å². The van der Waals surface area contributed by atoms with Crippen molar-refractivity contribution in [2.24, 2.45) is 0 Å². The van der Waals surface area contributed by atoms with Crippen molar-refractivity contribution in [2.75, 3.05) is 0 Å². The SMILES string of the molecule is CCC1(OC(C)=O)CCCCC1=O. The van der Waals surface area contributed by atoms with E-state index in [0.29, 0.717) is 19.3 Å². The van der Waals surface area contributed by atoms with Crippen LogP contribution in [0.4, 0.5) is 0 Å². The third-order valence-corrected chi connectivity index (χ3v) is 2.65. The molecule has 1 atom stereocenters. The predicted molar refractivity (Wildman–Crippen MR) is 48.3 cm³/mol. The molecule has 0 heterocycles. The zero-order valence-corrected chi connectivity index (χ0v) is 8.26. The van der Waals surface area contributed by atoms with Gasteiger partial charge in [0.15, 0.2) is 11.4 Å². The van der Waals surface area contributed by atoms with Crippen LogP contribution in [-0.4, -0.2) is 17.4 Å². The molecular formula is C10H16O3. The Bertz CT molecular complexity index is 222. The van der Waals surface area contributed by atoms with Gasteiger partial charge in [0.25, 0.3) is 0 Å². The maximum Gasteiger partial charge on any atom is 0.303 e. The summed E-state index contributed by atoms with van der Waals surface area (Å²) in [4.78, 5) is 22.5. The zero-order valence-electron chi connectivity index (χ0n) is 8.26. The van der Waals surface area contributed by atoms with Gasteiger partial charge in [0, 0.05) is 13.3 Å². The molecule has 0 aromatic rings. The maximum atomic E-state index is 11.6. The summed E-state index contributed by atoms with van der Waals surface area (Å²) >= 11 is 0. The van der Waals surface area contributed by atoms with Crippen molar-refractivity contribution in [1.29, 1.82) is 0 Å². The molecule has 1 saturated carbocycles. The van der Waals surface area contributed by atoms with Crippen LogP contribution in [0.5, 0.6) is 0 Å². The minimum absolute atomic E-state index is 0.0939. The summed E-state index contributed by atoms with van der Waals surface area (Å²) in [6.07, 6.45) is 3.77. The van der Waals surface area contributed by atoms with Crippen LogP contribution in [0.15, 0.2) is 0 Å². The monoisotopic (exact) mass is 184 g/mol. The summed E-state index contributed by atoms with van der Waals surface area (Å²) in [5, 5.41) is 0. The number of Topliss-reactive ketones (excluding diaryl/α,β-unsaturated/α-hetero) is 1. The summed E-state index contributed by atoms with van der Waals surface area (Å²) in [5.74, 6) is -0.256. The second kappa shape index (κ2) is 3.90. The summed E-state index contributed by atoms with van der Waals surface area (Å²) in [7, 11) is 0. The molecule has 3 heteroatoms. The number of hydrogen-bond acceptors (Lipinski definition) is 3. The van der Waals surface area contributed by atoms with E-state index in [0.717, 1.165) is 12.8 Å². The molecule has 0 bridgehead atoms. The van der Waals surface area contributed by atoms with Crippen LogP contribution in [-0.2, 0) is 14.3 Å². The highest BCUT2D eigenvalue weighted by Crippen LogP contribution is 2.31. The Morgan fingerprint density at radius 3 is 2.69 bits per heavy atom. The lowest BCUT2D eigenvalue weighted by atomic mass is 9.81. The van der Waals surface area contributed by atoms with Crippen molar-refractivity contribution in [3.63, 3.8) is 0 Å². The molecular weight excluding hydrogens is 168 g/mol. The Morgan fingerprint density at radius 2 is 2.23 bits per heavy atom. The first-order valence-corrected chi connectivity index (χ1v) is 4.83. The molecule has 0 N–H and O–H groups in total. The van der Waals surface area contributed by atoms with Gasteiger partial charge in [0.2, 0.25) is 0 Å². The second-order valence-electron chi connectivity index (χ2n) is 3.57. The normalized spacial score (nSPS) is 28.6. The second-order valence-corrected chi connectivity index (χ2v) is 3.57. The lowest BCUT2D eigenvalue weighted by Crippen LogP contribution is -2.44. The van der Waals surface area contributed by atoms with Crippen LogP contribution >= 0.6 is 0 Å². The molecule has 0 saturated heterocycles. The van der Waals surface area contributed by atoms with Crippen LogP contribution in [0.25, 0.3) is 0 Å². The Balaban J connectivity index is 2.76. The third kappa shape index (κ3) is 2.08. The standard InChI is InChI=1S/C10H16O3/c1-3-10(13-8(2)11)7-5-4-6-9(10)12/h3-7H2,1-2H3. The molecule has 0 aliphatic heterocycles. The van der Waals surface area contributed by atoms with Gasteiger partial charge >= 0.3 is 5.97 Å². The fourth-order valence-electron chi connectivity index (χ4n) is 1.89. The molecule has 1 aliphatic rings. The first kappa shape index (κ1) is 10.2. The van der Waals surface area contributed by atoms with Crippen molar-refractivity contribution in [1.82, 2.24) is 0 Å². The smallest absolute Gasteiger partial charge is 0.303 e. The average molecular weight is 184 g/mol. The molecule has 1 rings (SSSR count). The van der Waals surface area contributed by atoms with Crippen LogP contribution in [0, 0.1) is 0 Å². The molecule has 13 heavy (non-hydrogen) atoms. The van der Waals surface area contributed by atoms with Gasteiger partial charge in [-0.25, -0.2) is 0 Å². The average Bonchev–Trinajstić information content (AvgIpc) is 2.08. The van der Waals surface area contributed by atoms with Gasteiger partial charge in [-0.2, -0.15) is 0 Å². The molecule has 3 nitrogen and oxygen atoms in total. The molecule has 0 amide bonds. The molecule has 0 aromatic carbocycles. The summed E-state index contributed by atoms with van der Waals surface area (Å²) in [6.45, 7) is 3.26. The molecule has 0 radical (unpaired) electrons. The van der Waals surface area contributed by atoms with Crippen molar-refractivity contribution in [3.05, 3.63) is 0 Å². The quantitative estimate of drug-likeness (QED) is 0.615. The van der Waals surface area contributed by atoms with E-state index in [1.807, 2.05) is 6.92 Å².